The number of rotatable bonds is 6. The summed E-state index contributed by atoms with van der Waals surface area (Å²) in [5, 5.41) is 2.51. The maximum atomic E-state index is 11.3. The molecule has 0 aromatic rings. The molecule has 0 aliphatic carbocycles. The molecule has 0 heterocycles. The van der Waals surface area contributed by atoms with Gasteiger partial charge in [-0.2, -0.15) is 0 Å². The lowest BCUT2D eigenvalue weighted by atomic mass is 10.1. The Kier molecular flexibility index (Phi) is 5.52. The van der Waals surface area contributed by atoms with E-state index in [1.165, 1.54) is 0 Å². The van der Waals surface area contributed by atoms with E-state index < -0.39 is 11.9 Å². The number of amides is 2. The van der Waals surface area contributed by atoms with Crippen LogP contribution < -0.4 is 11.1 Å². The Balaban J connectivity index is 3.87. The quantitative estimate of drug-likeness (QED) is 0.618. The van der Waals surface area contributed by atoms with Gasteiger partial charge in [0, 0.05) is 19.3 Å². The summed E-state index contributed by atoms with van der Waals surface area (Å²) in [4.78, 5) is 32.6. The molecule has 0 rings (SSSR count). The van der Waals surface area contributed by atoms with Gasteiger partial charge in [0.15, 0.2) is 5.78 Å². The first-order valence-electron chi connectivity index (χ1n) is 4.57. The van der Waals surface area contributed by atoms with E-state index in [-0.39, 0.29) is 24.5 Å². The summed E-state index contributed by atoms with van der Waals surface area (Å²) in [6.07, 6.45) is 0.457. The van der Waals surface area contributed by atoms with Crippen molar-refractivity contribution < 1.29 is 14.4 Å². The monoisotopic (exact) mass is 200 g/mol. The third kappa shape index (κ3) is 5.29. The highest BCUT2D eigenvalue weighted by Crippen LogP contribution is 1.95. The van der Waals surface area contributed by atoms with Gasteiger partial charge in [-0.3, -0.25) is 14.4 Å². The third-order valence-corrected chi connectivity index (χ3v) is 1.80. The third-order valence-electron chi connectivity index (χ3n) is 1.80. The molecule has 2 amide bonds. The van der Waals surface area contributed by atoms with Crippen molar-refractivity contribution in [2.24, 2.45) is 5.73 Å². The normalized spacial score (nSPS) is 11.9. The van der Waals surface area contributed by atoms with Gasteiger partial charge in [-0.1, -0.05) is 6.92 Å². The van der Waals surface area contributed by atoms with Crippen LogP contribution in [0.1, 0.15) is 33.1 Å². The zero-order chi connectivity index (χ0) is 11.1. The zero-order valence-electron chi connectivity index (χ0n) is 8.50. The molecule has 0 aromatic carbocycles. The van der Waals surface area contributed by atoms with Gasteiger partial charge in [0.25, 0.3) is 0 Å². The summed E-state index contributed by atoms with van der Waals surface area (Å²) in [5.74, 6) is -0.858. The van der Waals surface area contributed by atoms with Gasteiger partial charge in [0.1, 0.15) is 0 Å². The van der Waals surface area contributed by atoms with Crippen molar-refractivity contribution >= 4 is 17.6 Å². The lowest BCUT2D eigenvalue weighted by molar-refractivity contribution is -0.128. The second-order valence-electron chi connectivity index (χ2n) is 3.08. The maximum Gasteiger partial charge on any atom is 0.220 e. The molecule has 0 spiro atoms. The number of hydrogen-bond acceptors (Lipinski definition) is 3. The minimum absolute atomic E-state index is 0.0329. The number of nitrogens with two attached hydrogens (primary N) is 1. The maximum absolute atomic E-state index is 11.3. The van der Waals surface area contributed by atoms with E-state index in [2.05, 4.69) is 5.32 Å². The molecule has 5 heteroatoms. The van der Waals surface area contributed by atoms with E-state index >= 15 is 0 Å². The predicted molar refractivity (Wildman–Crippen MR) is 51.3 cm³/mol. The van der Waals surface area contributed by atoms with E-state index in [1.54, 1.807) is 13.8 Å². The van der Waals surface area contributed by atoms with Crippen LogP contribution in [-0.4, -0.2) is 23.6 Å². The topological polar surface area (TPSA) is 89.3 Å². The Morgan fingerprint density at radius 1 is 1.29 bits per heavy atom. The SMILES string of the molecule is CCC(=O)N[C@@H](C)C(=O)CCC(N)=O. The highest BCUT2D eigenvalue weighted by molar-refractivity contribution is 5.90. The summed E-state index contributed by atoms with van der Waals surface area (Å²) in [6, 6.07) is -0.540. The van der Waals surface area contributed by atoms with Gasteiger partial charge in [0.05, 0.1) is 6.04 Å². The molecular formula is C9H16N2O3. The van der Waals surface area contributed by atoms with Crippen LogP contribution in [0.2, 0.25) is 0 Å². The molecule has 0 radical (unpaired) electrons. The van der Waals surface area contributed by atoms with E-state index in [4.69, 9.17) is 5.73 Å². The minimum atomic E-state index is -0.540. The molecule has 3 N–H and O–H groups in total. The summed E-state index contributed by atoms with van der Waals surface area (Å²) >= 11 is 0. The highest BCUT2D eigenvalue weighted by Gasteiger charge is 2.14. The van der Waals surface area contributed by atoms with Crippen LogP contribution >= 0.6 is 0 Å². The largest absolute Gasteiger partial charge is 0.370 e. The van der Waals surface area contributed by atoms with E-state index in [1.807, 2.05) is 0 Å². The molecule has 5 nitrogen and oxygen atoms in total. The van der Waals surface area contributed by atoms with Crippen LogP contribution in [0.25, 0.3) is 0 Å². The molecule has 0 fully saturated rings. The summed E-state index contributed by atoms with van der Waals surface area (Å²) < 4.78 is 0. The smallest absolute Gasteiger partial charge is 0.220 e. The zero-order valence-corrected chi connectivity index (χ0v) is 8.50. The van der Waals surface area contributed by atoms with Gasteiger partial charge in [-0.15, -0.1) is 0 Å². The van der Waals surface area contributed by atoms with Crippen molar-refractivity contribution in [1.29, 1.82) is 0 Å². The second kappa shape index (κ2) is 6.12. The lowest BCUT2D eigenvalue weighted by Crippen LogP contribution is -2.38. The van der Waals surface area contributed by atoms with Crippen LogP contribution in [0.4, 0.5) is 0 Å². The van der Waals surface area contributed by atoms with Gasteiger partial charge < -0.3 is 11.1 Å². The van der Waals surface area contributed by atoms with Crippen LogP contribution in [-0.2, 0) is 14.4 Å². The fraction of sp³-hybridized carbons (Fsp3) is 0.667. The van der Waals surface area contributed by atoms with Crippen molar-refractivity contribution in [2.75, 3.05) is 0 Å². The fourth-order valence-electron chi connectivity index (χ4n) is 0.887. The number of nitrogens with one attached hydrogen (secondary N) is 1. The molecule has 14 heavy (non-hydrogen) atoms. The number of Topliss-reactive ketones (excluding diaryl/α,β-unsaturated/α-hetero) is 1. The Morgan fingerprint density at radius 3 is 2.29 bits per heavy atom. The molecule has 0 aliphatic rings. The molecule has 0 aromatic heterocycles. The van der Waals surface area contributed by atoms with Crippen molar-refractivity contribution in [3.05, 3.63) is 0 Å². The lowest BCUT2D eigenvalue weighted by Gasteiger charge is -2.11. The van der Waals surface area contributed by atoms with Gasteiger partial charge in [0.2, 0.25) is 11.8 Å². The number of ketones is 1. The van der Waals surface area contributed by atoms with E-state index in [9.17, 15) is 14.4 Å². The molecule has 0 unspecified atom stereocenters. The first-order chi connectivity index (χ1) is 6.47. The Morgan fingerprint density at radius 2 is 1.86 bits per heavy atom. The first kappa shape index (κ1) is 12.6. The molecule has 0 aliphatic heterocycles. The van der Waals surface area contributed by atoms with Crippen molar-refractivity contribution in [2.45, 2.75) is 39.2 Å². The summed E-state index contributed by atoms with van der Waals surface area (Å²) in [5.41, 5.74) is 4.89. The molecule has 0 saturated carbocycles. The average Bonchev–Trinajstić information content (AvgIpc) is 2.13. The van der Waals surface area contributed by atoms with E-state index in [0.717, 1.165) is 0 Å². The first-order valence-corrected chi connectivity index (χ1v) is 4.57. The molecule has 80 valence electrons. The van der Waals surface area contributed by atoms with Gasteiger partial charge in [-0.25, -0.2) is 0 Å². The van der Waals surface area contributed by atoms with Crippen LogP contribution in [0, 0.1) is 0 Å². The Labute approximate surface area is 83.0 Å². The molecule has 0 saturated heterocycles. The van der Waals surface area contributed by atoms with Crippen LogP contribution in [0.15, 0.2) is 0 Å². The van der Waals surface area contributed by atoms with Crippen molar-refractivity contribution in [3.63, 3.8) is 0 Å². The number of carbonyl (C=O) groups excluding carboxylic acids is 3. The van der Waals surface area contributed by atoms with E-state index in [0.29, 0.717) is 6.42 Å². The second-order valence-corrected chi connectivity index (χ2v) is 3.08. The Bertz CT molecular complexity index is 238. The number of hydrogen-bond donors (Lipinski definition) is 2. The summed E-state index contributed by atoms with van der Waals surface area (Å²) in [7, 11) is 0. The average molecular weight is 200 g/mol. The van der Waals surface area contributed by atoms with Crippen molar-refractivity contribution in [3.8, 4) is 0 Å². The van der Waals surface area contributed by atoms with Gasteiger partial charge >= 0.3 is 0 Å². The standard InChI is InChI=1S/C9H16N2O3/c1-3-9(14)11-6(2)7(12)4-5-8(10)13/h6H,3-5H2,1-2H3,(H2,10,13)(H,11,14)/t6-/m0/s1. The van der Waals surface area contributed by atoms with Gasteiger partial charge in [-0.05, 0) is 6.92 Å². The summed E-state index contributed by atoms with van der Waals surface area (Å²) in [6.45, 7) is 3.30. The predicted octanol–water partition coefficient (Wildman–Crippen LogP) is -0.264. The number of primary amides is 1. The van der Waals surface area contributed by atoms with Crippen LogP contribution in [0.5, 0.6) is 0 Å². The van der Waals surface area contributed by atoms with Crippen molar-refractivity contribution in [1.82, 2.24) is 5.32 Å². The molecular weight excluding hydrogens is 184 g/mol. The minimum Gasteiger partial charge on any atom is -0.370 e. The number of carbonyl (C=O) groups is 3. The highest BCUT2D eigenvalue weighted by atomic mass is 16.2. The fourth-order valence-corrected chi connectivity index (χ4v) is 0.887. The Hall–Kier alpha value is -1.39. The molecule has 0 bridgehead atoms. The molecule has 1 atom stereocenters. The van der Waals surface area contributed by atoms with Crippen LogP contribution in [0.3, 0.4) is 0 Å².